The maximum absolute atomic E-state index is 14.2. The van der Waals surface area contributed by atoms with Gasteiger partial charge in [0.1, 0.15) is 12.6 Å². The number of ketones is 1. The van der Waals surface area contributed by atoms with Crippen molar-refractivity contribution in [2.45, 2.75) is 64.1 Å². The molecule has 2 amide bonds. The number of hydrogen-bond acceptors (Lipinski definition) is 5. The van der Waals surface area contributed by atoms with Crippen LogP contribution in [-0.4, -0.2) is 55.8 Å². The first kappa shape index (κ1) is 32.2. The average Bonchev–Trinajstić information content (AvgIpc) is 2.98. The van der Waals surface area contributed by atoms with Crippen LogP contribution in [0.25, 0.3) is 0 Å². The number of carbonyl (C=O) groups excluding carboxylic acids is 3. The minimum absolute atomic E-state index is 0.0180. The summed E-state index contributed by atoms with van der Waals surface area (Å²) in [4.78, 5) is 41.7. The standard InChI is InChI=1S/C33H38ClN3O5S/c1-24(38)27-14-10-18-30(21-27)37(43(2,41)42)23-32(39)36(22-26-13-9-15-28(34)19-26)31(20-25-11-5-3-6-12-25)33(40)35-29-16-7-4-8-17-29/h3,5-6,9-15,18-19,21,29,31H,4,7-8,16-17,20,22-23H2,1-2H3,(H,35,40)/t31-/m0/s1. The SMILES string of the molecule is CC(=O)c1cccc(N(CC(=O)N(Cc2cccc(Cl)c2)[C@@H](Cc2ccccc2)C(=O)NC2CCCCC2)S(C)(=O)=O)c1. The second kappa shape index (κ2) is 14.7. The topological polar surface area (TPSA) is 104 Å². The van der Waals surface area contributed by atoms with Crippen LogP contribution < -0.4 is 9.62 Å². The van der Waals surface area contributed by atoms with E-state index in [2.05, 4.69) is 5.32 Å². The van der Waals surface area contributed by atoms with Crippen molar-refractivity contribution in [2.24, 2.45) is 0 Å². The molecule has 43 heavy (non-hydrogen) atoms. The van der Waals surface area contributed by atoms with Crippen LogP contribution in [0.1, 0.15) is 60.5 Å². The van der Waals surface area contributed by atoms with Gasteiger partial charge in [0.15, 0.2) is 5.78 Å². The fourth-order valence-corrected chi connectivity index (χ4v) is 6.48. The second-order valence-corrected chi connectivity index (χ2v) is 13.4. The monoisotopic (exact) mass is 623 g/mol. The molecule has 0 saturated heterocycles. The number of sulfonamides is 1. The predicted molar refractivity (Wildman–Crippen MR) is 170 cm³/mol. The summed E-state index contributed by atoms with van der Waals surface area (Å²) in [6, 6.07) is 21.7. The Hall–Kier alpha value is -3.69. The van der Waals surface area contributed by atoms with Crippen molar-refractivity contribution in [1.29, 1.82) is 0 Å². The van der Waals surface area contributed by atoms with Crippen LogP contribution in [0.2, 0.25) is 5.02 Å². The first-order valence-corrected chi connectivity index (χ1v) is 16.7. The molecule has 0 aliphatic heterocycles. The minimum atomic E-state index is -3.94. The van der Waals surface area contributed by atoms with E-state index in [-0.39, 0.29) is 36.4 Å². The minimum Gasteiger partial charge on any atom is -0.352 e. The summed E-state index contributed by atoms with van der Waals surface area (Å²) in [5.41, 5.74) is 2.08. The second-order valence-electron chi connectivity index (χ2n) is 11.1. The molecule has 0 aromatic heterocycles. The van der Waals surface area contributed by atoms with Crippen molar-refractivity contribution in [2.75, 3.05) is 17.1 Å². The molecule has 0 bridgehead atoms. The molecule has 10 heteroatoms. The molecule has 1 fully saturated rings. The van der Waals surface area contributed by atoms with Crippen LogP contribution >= 0.6 is 11.6 Å². The maximum atomic E-state index is 14.2. The number of hydrogen-bond donors (Lipinski definition) is 1. The molecule has 1 aliphatic carbocycles. The maximum Gasteiger partial charge on any atom is 0.244 e. The van der Waals surface area contributed by atoms with Gasteiger partial charge in [-0.15, -0.1) is 0 Å². The average molecular weight is 624 g/mol. The van der Waals surface area contributed by atoms with Crippen molar-refractivity contribution in [3.05, 3.63) is 101 Å². The van der Waals surface area contributed by atoms with E-state index in [0.717, 1.165) is 48.2 Å². The number of amides is 2. The summed E-state index contributed by atoms with van der Waals surface area (Å²) in [7, 11) is -3.94. The zero-order valence-electron chi connectivity index (χ0n) is 24.5. The highest BCUT2D eigenvalue weighted by Gasteiger charge is 2.34. The van der Waals surface area contributed by atoms with E-state index in [1.54, 1.807) is 36.4 Å². The summed E-state index contributed by atoms with van der Waals surface area (Å²) in [5, 5.41) is 3.66. The van der Waals surface area contributed by atoms with Gasteiger partial charge in [0.05, 0.1) is 11.9 Å². The molecular formula is C33H38ClN3O5S. The van der Waals surface area contributed by atoms with Crippen LogP contribution in [0.5, 0.6) is 0 Å². The fourth-order valence-electron chi connectivity index (χ4n) is 5.42. The Balaban J connectivity index is 1.73. The van der Waals surface area contributed by atoms with Gasteiger partial charge in [-0.3, -0.25) is 18.7 Å². The Morgan fingerprint density at radius 3 is 2.23 bits per heavy atom. The van der Waals surface area contributed by atoms with Crippen LogP contribution in [0.15, 0.2) is 78.9 Å². The number of Topliss-reactive ketones (excluding diaryl/α,β-unsaturated/α-hetero) is 1. The first-order chi connectivity index (χ1) is 20.5. The lowest BCUT2D eigenvalue weighted by Gasteiger charge is -2.35. The highest BCUT2D eigenvalue weighted by atomic mass is 35.5. The molecule has 0 unspecified atom stereocenters. The van der Waals surface area contributed by atoms with Crippen LogP contribution in [0.3, 0.4) is 0 Å². The van der Waals surface area contributed by atoms with E-state index in [9.17, 15) is 22.8 Å². The number of rotatable bonds is 12. The lowest BCUT2D eigenvalue weighted by Crippen LogP contribution is -2.55. The Kier molecular flexibility index (Phi) is 11.0. The normalized spacial score (nSPS) is 14.5. The number of carbonyl (C=O) groups is 3. The van der Waals surface area contributed by atoms with Crippen LogP contribution in [0.4, 0.5) is 5.69 Å². The highest BCUT2D eigenvalue weighted by molar-refractivity contribution is 7.92. The lowest BCUT2D eigenvalue weighted by molar-refractivity contribution is -0.140. The van der Waals surface area contributed by atoms with Gasteiger partial charge in [0.25, 0.3) is 0 Å². The van der Waals surface area contributed by atoms with Crippen LogP contribution in [0, 0.1) is 0 Å². The number of nitrogens with one attached hydrogen (secondary N) is 1. The van der Waals surface area contributed by atoms with Crippen molar-refractivity contribution >= 4 is 44.9 Å². The molecule has 3 aromatic rings. The summed E-state index contributed by atoms with van der Waals surface area (Å²) in [5.74, 6) is -1.07. The van der Waals surface area contributed by atoms with Gasteiger partial charge in [-0.25, -0.2) is 8.42 Å². The van der Waals surface area contributed by atoms with Gasteiger partial charge < -0.3 is 10.2 Å². The zero-order valence-corrected chi connectivity index (χ0v) is 26.1. The molecule has 1 atom stereocenters. The largest absolute Gasteiger partial charge is 0.352 e. The molecular weight excluding hydrogens is 586 g/mol. The zero-order chi connectivity index (χ0) is 31.0. The van der Waals surface area contributed by atoms with E-state index >= 15 is 0 Å². The Morgan fingerprint density at radius 1 is 0.907 bits per heavy atom. The van der Waals surface area contributed by atoms with Gasteiger partial charge >= 0.3 is 0 Å². The molecule has 1 aliphatic rings. The quantitative estimate of drug-likeness (QED) is 0.272. The Labute approximate surface area is 259 Å². The third-order valence-corrected chi connectivity index (χ3v) is 9.06. The van der Waals surface area contributed by atoms with Crippen molar-refractivity contribution in [1.82, 2.24) is 10.2 Å². The molecule has 3 aromatic carbocycles. The molecule has 1 saturated carbocycles. The van der Waals surface area contributed by atoms with E-state index in [0.29, 0.717) is 16.1 Å². The molecule has 4 rings (SSSR count). The van der Waals surface area contributed by atoms with Gasteiger partial charge in [-0.2, -0.15) is 0 Å². The van der Waals surface area contributed by atoms with Gasteiger partial charge in [-0.1, -0.05) is 85.5 Å². The van der Waals surface area contributed by atoms with Crippen molar-refractivity contribution in [3.8, 4) is 0 Å². The highest BCUT2D eigenvalue weighted by Crippen LogP contribution is 2.23. The molecule has 0 heterocycles. The molecule has 8 nitrogen and oxygen atoms in total. The van der Waals surface area contributed by atoms with Gasteiger partial charge in [-0.05, 0) is 55.2 Å². The summed E-state index contributed by atoms with van der Waals surface area (Å²) < 4.78 is 27.0. The van der Waals surface area contributed by atoms with E-state index in [4.69, 9.17) is 11.6 Å². The summed E-state index contributed by atoms with van der Waals surface area (Å²) in [6.07, 6.45) is 6.19. The van der Waals surface area contributed by atoms with Gasteiger partial charge in [0, 0.05) is 29.6 Å². The van der Waals surface area contributed by atoms with E-state index in [1.165, 1.54) is 17.9 Å². The number of halogens is 1. The van der Waals surface area contributed by atoms with E-state index in [1.807, 2.05) is 36.4 Å². The van der Waals surface area contributed by atoms with Crippen molar-refractivity contribution in [3.63, 3.8) is 0 Å². The fraction of sp³-hybridized carbons (Fsp3) is 0.364. The molecule has 0 spiro atoms. The Bertz CT molecular complexity index is 1540. The molecule has 228 valence electrons. The third-order valence-electron chi connectivity index (χ3n) is 7.68. The van der Waals surface area contributed by atoms with E-state index < -0.39 is 28.5 Å². The first-order valence-electron chi connectivity index (χ1n) is 14.5. The lowest BCUT2D eigenvalue weighted by atomic mass is 9.94. The number of nitrogens with zero attached hydrogens (tertiary/aromatic N) is 2. The number of anilines is 1. The summed E-state index contributed by atoms with van der Waals surface area (Å²) >= 11 is 6.28. The Morgan fingerprint density at radius 2 is 1.58 bits per heavy atom. The third kappa shape index (κ3) is 9.15. The van der Waals surface area contributed by atoms with Gasteiger partial charge in [0.2, 0.25) is 21.8 Å². The predicted octanol–water partition coefficient (Wildman–Crippen LogP) is 5.40. The summed E-state index contributed by atoms with van der Waals surface area (Å²) in [6.45, 7) is 0.879. The van der Waals surface area contributed by atoms with Crippen LogP contribution in [-0.2, 0) is 32.6 Å². The molecule has 1 N–H and O–H groups in total. The molecule has 0 radical (unpaired) electrons. The smallest absolute Gasteiger partial charge is 0.244 e. The van der Waals surface area contributed by atoms with Crippen molar-refractivity contribution < 1.29 is 22.8 Å². The number of benzene rings is 3.